The van der Waals surface area contributed by atoms with Crippen LogP contribution in [0, 0.1) is 12.3 Å². The van der Waals surface area contributed by atoms with Gasteiger partial charge < -0.3 is 13.7 Å². The van der Waals surface area contributed by atoms with Gasteiger partial charge in [0.25, 0.3) is 0 Å². The summed E-state index contributed by atoms with van der Waals surface area (Å²) in [4.78, 5) is 17.1. The molecule has 28 heavy (non-hydrogen) atoms. The molecule has 0 aromatic carbocycles. The minimum Gasteiger partial charge on any atom is -0.333 e. The van der Waals surface area contributed by atoms with Gasteiger partial charge in [-0.2, -0.15) is 0 Å². The quantitative estimate of drug-likeness (QED) is 0.491. The molecule has 0 atom stereocenters. The third-order valence-electron chi connectivity index (χ3n) is 4.43. The Hall–Kier alpha value is -3.40. The zero-order chi connectivity index (χ0) is 19.8. The van der Waals surface area contributed by atoms with Crippen LogP contribution >= 0.6 is 0 Å². The van der Waals surface area contributed by atoms with Gasteiger partial charge in [-0.05, 0) is 12.8 Å². The Morgan fingerprint density at radius 3 is 2.21 bits per heavy atom. The van der Waals surface area contributed by atoms with E-state index < -0.39 is 0 Å². The molecule has 4 heterocycles. The lowest BCUT2D eigenvalue weighted by atomic mass is 10.2. The van der Waals surface area contributed by atoms with Gasteiger partial charge in [-0.3, -0.25) is 4.99 Å². The molecule has 0 saturated heterocycles. The van der Waals surface area contributed by atoms with E-state index in [0.29, 0.717) is 0 Å². The largest absolute Gasteiger partial charge is 0.333 e. The maximum Gasteiger partial charge on any atom is 0.176 e. The fraction of sp³-hybridized carbons (Fsp3) is 0.333. The summed E-state index contributed by atoms with van der Waals surface area (Å²) in [5, 5.41) is 0. The molecule has 0 amide bonds. The molecule has 3 aromatic heterocycles. The molecular weight excluding hydrogens is 350 g/mol. The summed E-state index contributed by atoms with van der Waals surface area (Å²) in [6, 6.07) is 0. The van der Waals surface area contributed by atoms with Crippen molar-refractivity contribution < 1.29 is 0 Å². The lowest BCUT2D eigenvalue weighted by molar-refractivity contribution is 0.618. The molecule has 0 fully saturated rings. The van der Waals surface area contributed by atoms with E-state index in [1.54, 1.807) is 12.4 Å². The number of terminal acetylenes is 1. The molecule has 1 aliphatic rings. The first-order valence-corrected chi connectivity index (χ1v) is 9.32. The lowest BCUT2D eigenvalue weighted by Gasteiger charge is -2.06. The fourth-order valence-corrected chi connectivity index (χ4v) is 2.94. The Morgan fingerprint density at radius 1 is 0.929 bits per heavy atom. The molecule has 0 radical (unpaired) electrons. The highest BCUT2D eigenvalue weighted by Crippen LogP contribution is 2.15. The molecule has 3 aromatic rings. The van der Waals surface area contributed by atoms with Crippen LogP contribution in [-0.4, -0.2) is 34.4 Å². The Kier molecular flexibility index (Phi) is 6.58. The van der Waals surface area contributed by atoms with E-state index in [2.05, 4.69) is 30.4 Å². The predicted molar refractivity (Wildman–Crippen MR) is 111 cm³/mol. The average molecular weight is 375 g/mol. The molecule has 7 nitrogen and oxygen atoms in total. The van der Waals surface area contributed by atoms with Crippen LogP contribution in [0.4, 0.5) is 0 Å². The highest BCUT2D eigenvalue weighted by molar-refractivity contribution is 6.00. The topological polar surface area (TPSA) is 65.8 Å². The van der Waals surface area contributed by atoms with Crippen molar-refractivity contribution in [1.29, 1.82) is 0 Å². The predicted octanol–water partition coefficient (Wildman–Crippen LogP) is 3.21. The van der Waals surface area contributed by atoms with E-state index in [1.807, 2.05) is 60.3 Å². The minimum atomic E-state index is 0.840. The number of hydrogen-bond acceptors (Lipinski definition) is 4. The van der Waals surface area contributed by atoms with Gasteiger partial charge in [0.05, 0.1) is 5.71 Å². The van der Waals surface area contributed by atoms with Gasteiger partial charge in [0.2, 0.25) is 0 Å². The lowest BCUT2D eigenvalue weighted by Crippen LogP contribution is -2.05. The van der Waals surface area contributed by atoms with E-state index in [9.17, 15) is 0 Å². The number of unbranched alkanes of at least 4 members (excludes halogenated alkanes) is 2. The smallest absolute Gasteiger partial charge is 0.176 e. The zero-order valence-corrected chi connectivity index (χ0v) is 16.4. The second kappa shape index (κ2) is 9.51. The summed E-state index contributed by atoms with van der Waals surface area (Å²) in [5.41, 5.74) is 1.05. The summed E-state index contributed by atoms with van der Waals surface area (Å²) in [6.45, 7) is 0.934. The van der Waals surface area contributed by atoms with E-state index in [0.717, 1.165) is 55.4 Å². The first-order valence-electron chi connectivity index (χ1n) is 9.32. The van der Waals surface area contributed by atoms with E-state index in [4.69, 9.17) is 6.42 Å². The van der Waals surface area contributed by atoms with Crippen LogP contribution in [0.15, 0.2) is 54.4 Å². The Bertz CT molecular complexity index is 994. The molecule has 1 aliphatic heterocycles. The van der Waals surface area contributed by atoms with Gasteiger partial charge in [0.15, 0.2) is 17.5 Å². The van der Waals surface area contributed by atoms with Gasteiger partial charge >= 0.3 is 0 Å². The van der Waals surface area contributed by atoms with E-state index >= 15 is 0 Å². The number of allylic oxidation sites excluding steroid dienone is 1. The van der Waals surface area contributed by atoms with Gasteiger partial charge in [-0.1, -0.05) is 6.08 Å². The Labute approximate surface area is 165 Å². The van der Waals surface area contributed by atoms with Crippen molar-refractivity contribution in [3.05, 3.63) is 55.3 Å². The van der Waals surface area contributed by atoms with Crippen LogP contribution in [0.2, 0.25) is 0 Å². The van der Waals surface area contributed by atoms with Crippen LogP contribution in [0.25, 0.3) is 11.6 Å². The van der Waals surface area contributed by atoms with Crippen LogP contribution in [0.3, 0.4) is 0 Å². The SMILES string of the molecule is C#CCCCCn1ccnc1-c1nccn1C.Cn1ccnc1C1=NC=CC1. The molecule has 4 rings (SSSR count). The summed E-state index contributed by atoms with van der Waals surface area (Å²) >= 11 is 0. The van der Waals surface area contributed by atoms with Crippen molar-refractivity contribution >= 4 is 5.71 Å². The Balaban J connectivity index is 0.000000176. The van der Waals surface area contributed by atoms with E-state index in [1.165, 1.54) is 0 Å². The highest BCUT2D eigenvalue weighted by atomic mass is 15.1. The number of imidazole rings is 3. The highest BCUT2D eigenvalue weighted by Gasteiger charge is 2.10. The molecule has 0 saturated carbocycles. The van der Waals surface area contributed by atoms with Crippen molar-refractivity contribution in [2.24, 2.45) is 19.1 Å². The second-order valence-corrected chi connectivity index (χ2v) is 6.49. The van der Waals surface area contributed by atoms with Crippen LogP contribution < -0.4 is 0 Å². The second-order valence-electron chi connectivity index (χ2n) is 6.49. The minimum absolute atomic E-state index is 0.840. The van der Waals surface area contributed by atoms with Crippen LogP contribution in [-0.2, 0) is 20.6 Å². The third kappa shape index (κ3) is 4.65. The standard InChI is InChI=1S/C13H16N4.C8H9N3/c1-3-4-5-6-9-17-11-8-15-13(17)12-14-7-10-16(12)2;1-11-6-5-10-8(11)7-3-2-4-9-7/h1,7-8,10-11H,4-6,9H2,2H3;2,4-6H,3H2,1H3. The van der Waals surface area contributed by atoms with Gasteiger partial charge in [-0.15, -0.1) is 12.3 Å². The maximum atomic E-state index is 5.23. The number of hydrogen-bond donors (Lipinski definition) is 0. The zero-order valence-electron chi connectivity index (χ0n) is 16.4. The normalized spacial score (nSPS) is 12.4. The maximum absolute atomic E-state index is 5.23. The van der Waals surface area contributed by atoms with Crippen molar-refractivity contribution in [2.75, 3.05) is 0 Å². The molecule has 0 spiro atoms. The fourth-order valence-electron chi connectivity index (χ4n) is 2.94. The van der Waals surface area contributed by atoms with Gasteiger partial charge in [0, 0.05) is 76.9 Å². The summed E-state index contributed by atoms with van der Waals surface area (Å²) in [5.74, 6) is 5.44. The van der Waals surface area contributed by atoms with Crippen LogP contribution in [0.1, 0.15) is 31.5 Å². The van der Waals surface area contributed by atoms with Crippen molar-refractivity contribution in [3.63, 3.8) is 0 Å². The number of aliphatic imine (C=N–C) groups is 1. The molecule has 0 N–H and O–H groups in total. The van der Waals surface area contributed by atoms with E-state index in [-0.39, 0.29) is 0 Å². The molecular formula is C21H25N7. The first kappa shape index (κ1) is 19.4. The average Bonchev–Trinajstić information content (AvgIpc) is 3.47. The number of aryl methyl sites for hydroxylation is 3. The van der Waals surface area contributed by atoms with Crippen molar-refractivity contribution in [1.82, 2.24) is 28.7 Å². The summed E-state index contributed by atoms with van der Waals surface area (Å²) < 4.78 is 6.07. The molecule has 0 aliphatic carbocycles. The van der Waals surface area contributed by atoms with Gasteiger partial charge in [0.1, 0.15) is 0 Å². The Morgan fingerprint density at radius 2 is 1.61 bits per heavy atom. The molecule has 0 unspecified atom stereocenters. The first-order chi connectivity index (χ1) is 13.7. The molecule has 0 bridgehead atoms. The van der Waals surface area contributed by atoms with Crippen LogP contribution in [0.5, 0.6) is 0 Å². The summed E-state index contributed by atoms with van der Waals surface area (Å²) in [7, 11) is 3.95. The van der Waals surface area contributed by atoms with Crippen molar-refractivity contribution in [3.8, 4) is 24.0 Å². The third-order valence-corrected chi connectivity index (χ3v) is 4.43. The monoisotopic (exact) mass is 375 g/mol. The van der Waals surface area contributed by atoms with Gasteiger partial charge in [-0.25, -0.2) is 15.0 Å². The molecule has 7 heteroatoms. The number of rotatable bonds is 6. The van der Waals surface area contributed by atoms with Crippen molar-refractivity contribution in [2.45, 2.75) is 32.2 Å². The molecule has 144 valence electrons. The number of aromatic nitrogens is 6. The summed E-state index contributed by atoms with van der Waals surface area (Å²) in [6.07, 6.45) is 24.2. The number of nitrogens with zero attached hydrogens (tertiary/aromatic N) is 7.